The molecule has 116 valence electrons. The van der Waals surface area contributed by atoms with Crippen LogP contribution in [0.3, 0.4) is 0 Å². The van der Waals surface area contributed by atoms with Crippen LogP contribution in [0.25, 0.3) is 0 Å². The van der Waals surface area contributed by atoms with E-state index in [9.17, 15) is 9.59 Å². The molecular weight excluding hydrogens is 270 g/mol. The number of hydrogen-bond donors (Lipinski definition) is 1. The third-order valence-corrected chi connectivity index (χ3v) is 3.89. The summed E-state index contributed by atoms with van der Waals surface area (Å²) >= 11 is 0. The first-order valence-electron chi connectivity index (χ1n) is 7.51. The predicted molar refractivity (Wildman–Crippen MR) is 77.7 cm³/mol. The molecule has 0 spiro atoms. The fraction of sp³-hybridized carbons (Fsp3) is 0.667. The number of rotatable bonds is 4. The first kappa shape index (κ1) is 15.5. The number of aromatic amines is 1. The van der Waals surface area contributed by atoms with Gasteiger partial charge in [-0.05, 0) is 38.2 Å². The maximum absolute atomic E-state index is 12.7. The molecule has 0 aliphatic carbocycles. The summed E-state index contributed by atoms with van der Waals surface area (Å²) in [7, 11) is 0. The zero-order chi connectivity index (χ0) is 15.4. The number of piperidine rings is 1. The Morgan fingerprint density at radius 1 is 1.43 bits per heavy atom. The molecule has 2 rings (SSSR count). The first-order valence-corrected chi connectivity index (χ1v) is 7.51. The lowest BCUT2D eigenvalue weighted by Gasteiger charge is -2.36. The van der Waals surface area contributed by atoms with Gasteiger partial charge in [-0.1, -0.05) is 13.8 Å². The Balaban J connectivity index is 2.07. The van der Waals surface area contributed by atoms with E-state index in [0.717, 1.165) is 25.8 Å². The van der Waals surface area contributed by atoms with Gasteiger partial charge in [-0.2, -0.15) is 5.10 Å². The predicted octanol–water partition coefficient (Wildman–Crippen LogP) is 1.99. The van der Waals surface area contributed by atoms with Crippen LogP contribution < -0.4 is 0 Å². The Labute approximate surface area is 124 Å². The molecule has 2 atom stereocenters. The molecule has 0 unspecified atom stereocenters. The van der Waals surface area contributed by atoms with Gasteiger partial charge in [-0.15, -0.1) is 0 Å². The summed E-state index contributed by atoms with van der Waals surface area (Å²) in [5.74, 6) is -0.701. The van der Waals surface area contributed by atoms with Gasteiger partial charge in [0, 0.05) is 18.8 Å². The van der Waals surface area contributed by atoms with Crippen molar-refractivity contribution in [2.75, 3.05) is 6.54 Å². The molecule has 0 bridgehead atoms. The highest BCUT2D eigenvalue weighted by Crippen LogP contribution is 2.21. The van der Waals surface area contributed by atoms with Gasteiger partial charge in [0.1, 0.15) is 5.69 Å². The Kier molecular flexibility index (Phi) is 4.98. The number of H-pyrrole nitrogens is 1. The Morgan fingerprint density at radius 2 is 2.19 bits per heavy atom. The minimum atomic E-state index is -0.749. The lowest BCUT2D eigenvalue weighted by Crippen LogP contribution is -2.49. The van der Waals surface area contributed by atoms with E-state index in [1.807, 2.05) is 25.7 Å². The minimum Gasteiger partial charge on any atom is -0.447 e. The number of nitrogens with zero attached hydrogens (tertiary/aromatic N) is 2. The number of amides is 1. The average molecular weight is 293 g/mol. The smallest absolute Gasteiger partial charge is 0.357 e. The number of carbonyl (C=O) groups excluding carboxylic acids is 2. The number of nitrogens with one attached hydrogen (secondary N) is 1. The molecule has 1 amide bonds. The molecule has 1 fully saturated rings. The summed E-state index contributed by atoms with van der Waals surface area (Å²) in [6, 6.07) is 1.74. The third-order valence-electron chi connectivity index (χ3n) is 3.89. The fourth-order valence-electron chi connectivity index (χ4n) is 2.61. The van der Waals surface area contributed by atoms with Crippen LogP contribution in [0.15, 0.2) is 12.3 Å². The zero-order valence-corrected chi connectivity index (χ0v) is 12.8. The third kappa shape index (κ3) is 3.62. The number of likely N-dealkylation sites (tertiary alicyclic amines) is 1. The summed E-state index contributed by atoms with van der Waals surface area (Å²) in [5.41, 5.74) is 0.264. The second-order valence-corrected chi connectivity index (χ2v) is 5.92. The van der Waals surface area contributed by atoms with Gasteiger partial charge in [0.05, 0.1) is 0 Å². The molecule has 1 aromatic heterocycles. The van der Waals surface area contributed by atoms with Crippen LogP contribution in [0, 0.1) is 5.92 Å². The standard InChI is InChI=1S/C15H23N3O3/c1-10(2)13(21-15(20)12-7-8-16-17-12)14(19)18-9-5-4-6-11(18)3/h7-8,10-11,13H,4-6,9H2,1-3H3,(H,16,17)/t11-,13+/m0/s1. The van der Waals surface area contributed by atoms with Gasteiger partial charge >= 0.3 is 5.97 Å². The maximum Gasteiger partial charge on any atom is 0.357 e. The van der Waals surface area contributed by atoms with Crippen LogP contribution in [0.5, 0.6) is 0 Å². The van der Waals surface area contributed by atoms with E-state index in [1.54, 1.807) is 0 Å². The quantitative estimate of drug-likeness (QED) is 0.861. The van der Waals surface area contributed by atoms with E-state index < -0.39 is 12.1 Å². The van der Waals surface area contributed by atoms with Gasteiger partial charge in [-0.25, -0.2) is 4.79 Å². The molecule has 0 radical (unpaired) electrons. The van der Waals surface area contributed by atoms with E-state index in [1.165, 1.54) is 12.3 Å². The van der Waals surface area contributed by atoms with Gasteiger partial charge in [0.2, 0.25) is 0 Å². The van der Waals surface area contributed by atoms with E-state index in [4.69, 9.17) is 4.74 Å². The lowest BCUT2D eigenvalue weighted by molar-refractivity contribution is -0.146. The highest BCUT2D eigenvalue weighted by atomic mass is 16.5. The van der Waals surface area contributed by atoms with Crippen LogP contribution >= 0.6 is 0 Å². The SMILES string of the molecule is CC(C)[C@@H](OC(=O)c1ccn[nH]1)C(=O)N1CCCC[C@@H]1C. The normalized spacial score (nSPS) is 20.4. The summed E-state index contributed by atoms with van der Waals surface area (Å²) < 4.78 is 5.42. The molecular formula is C15H23N3O3. The molecule has 1 aliphatic heterocycles. The van der Waals surface area contributed by atoms with E-state index >= 15 is 0 Å². The van der Waals surface area contributed by atoms with Crippen LogP contribution in [0.1, 0.15) is 50.5 Å². The van der Waals surface area contributed by atoms with Gasteiger partial charge in [0.25, 0.3) is 5.91 Å². The Bertz CT molecular complexity index is 484. The molecule has 2 heterocycles. The summed E-state index contributed by atoms with van der Waals surface area (Å²) in [4.78, 5) is 26.5. The number of hydrogen-bond acceptors (Lipinski definition) is 4. The van der Waals surface area contributed by atoms with Crippen LogP contribution in [-0.4, -0.2) is 45.7 Å². The summed E-state index contributed by atoms with van der Waals surface area (Å²) in [6.45, 7) is 6.56. The highest BCUT2D eigenvalue weighted by molar-refractivity contribution is 5.90. The molecule has 1 N–H and O–H groups in total. The largest absolute Gasteiger partial charge is 0.447 e. The van der Waals surface area contributed by atoms with Crippen LogP contribution in [0.4, 0.5) is 0 Å². The van der Waals surface area contributed by atoms with E-state index in [2.05, 4.69) is 10.2 Å². The molecule has 6 heteroatoms. The number of carbonyl (C=O) groups is 2. The van der Waals surface area contributed by atoms with Gasteiger partial charge in [-0.3, -0.25) is 9.89 Å². The Morgan fingerprint density at radius 3 is 2.76 bits per heavy atom. The maximum atomic E-state index is 12.7. The van der Waals surface area contributed by atoms with Crippen molar-refractivity contribution in [3.05, 3.63) is 18.0 Å². The number of aromatic nitrogens is 2. The molecule has 0 aromatic carbocycles. The topological polar surface area (TPSA) is 75.3 Å². The number of ether oxygens (including phenoxy) is 1. The number of esters is 1. The van der Waals surface area contributed by atoms with Crippen molar-refractivity contribution in [3.63, 3.8) is 0 Å². The van der Waals surface area contributed by atoms with Crippen LogP contribution in [-0.2, 0) is 9.53 Å². The monoisotopic (exact) mass is 293 g/mol. The van der Waals surface area contributed by atoms with E-state index in [-0.39, 0.29) is 23.6 Å². The van der Waals surface area contributed by atoms with Crippen molar-refractivity contribution in [3.8, 4) is 0 Å². The molecule has 21 heavy (non-hydrogen) atoms. The van der Waals surface area contributed by atoms with Crippen molar-refractivity contribution < 1.29 is 14.3 Å². The van der Waals surface area contributed by atoms with Crippen molar-refractivity contribution in [1.29, 1.82) is 0 Å². The van der Waals surface area contributed by atoms with Crippen LogP contribution in [0.2, 0.25) is 0 Å². The summed E-state index contributed by atoms with van der Waals surface area (Å²) in [5, 5.41) is 6.28. The molecule has 1 aliphatic rings. The molecule has 1 saturated heterocycles. The van der Waals surface area contributed by atoms with Crippen molar-refractivity contribution in [1.82, 2.24) is 15.1 Å². The lowest BCUT2D eigenvalue weighted by atomic mass is 10.00. The highest BCUT2D eigenvalue weighted by Gasteiger charge is 2.34. The Hall–Kier alpha value is -1.85. The fourth-order valence-corrected chi connectivity index (χ4v) is 2.61. The van der Waals surface area contributed by atoms with E-state index in [0.29, 0.717) is 0 Å². The van der Waals surface area contributed by atoms with Crippen molar-refractivity contribution in [2.24, 2.45) is 5.92 Å². The zero-order valence-electron chi connectivity index (χ0n) is 12.8. The van der Waals surface area contributed by atoms with Crippen molar-refractivity contribution in [2.45, 2.75) is 52.2 Å². The molecule has 6 nitrogen and oxygen atoms in total. The van der Waals surface area contributed by atoms with Crippen molar-refractivity contribution >= 4 is 11.9 Å². The first-order chi connectivity index (χ1) is 10.0. The summed E-state index contributed by atoms with van der Waals surface area (Å²) in [6.07, 6.45) is 3.89. The second kappa shape index (κ2) is 6.74. The second-order valence-electron chi connectivity index (χ2n) is 5.92. The average Bonchev–Trinajstić information content (AvgIpc) is 2.98. The van der Waals surface area contributed by atoms with Gasteiger partial charge < -0.3 is 9.64 Å². The van der Waals surface area contributed by atoms with Gasteiger partial charge in [0.15, 0.2) is 6.10 Å². The minimum absolute atomic E-state index is 0.0708. The molecule has 0 saturated carbocycles. The molecule has 1 aromatic rings.